The topological polar surface area (TPSA) is 0 Å². The molecule has 0 N–H and O–H groups in total. The average molecular weight is 195 g/mol. The second-order valence-corrected chi connectivity index (χ2v) is 2.12. The Kier molecular flexibility index (Phi) is 7.59. The molecule has 0 aromatic heterocycles. The molecule has 0 atom stereocenters. The first-order valence-electron chi connectivity index (χ1n) is 3.67. The Balaban J connectivity index is 0.000000189. The van der Waals surface area contributed by atoms with Gasteiger partial charge < -0.3 is 0 Å². The third-order valence-corrected chi connectivity index (χ3v) is 1.22. The van der Waals surface area contributed by atoms with Crippen LogP contribution in [0.25, 0.3) is 0 Å². The Morgan fingerprint density at radius 1 is 0.500 bits per heavy atom. The molecule has 0 bridgehead atoms. The van der Waals surface area contributed by atoms with Crippen molar-refractivity contribution in [3.63, 3.8) is 0 Å². The summed E-state index contributed by atoms with van der Waals surface area (Å²) >= 11 is 0. The Hall–Kier alpha value is -0.898. The van der Waals surface area contributed by atoms with Gasteiger partial charge in [0.05, 0.1) is 0 Å². The second-order valence-electron chi connectivity index (χ2n) is 2.12. The van der Waals surface area contributed by atoms with E-state index in [0.717, 1.165) is 0 Å². The number of rotatable bonds is 0. The van der Waals surface area contributed by atoms with Gasteiger partial charge in [0.15, 0.2) is 0 Å². The van der Waals surface area contributed by atoms with Gasteiger partial charge in [-0.3, -0.25) is 0 Å². The van der Waals surface area contributed by atoms with Crippen molar-refractivity contribution < 1.29 is 17.4 Å². The molecular formula is C11H11Cr-. The summed E-state index contributed by atoms with van der Waals surface area (Å²) in [7, 11) is 0. The minimum absolute atomic E-state index is 0. The zero-order valence-electron chi connectivity index (χ0n) is 6.76. The number of hydrogen-bond donors (Lipinski definition) is 0. The summed E-state index contributed by atoms with van der Waals surface area (Å²) in [5, 5.41) is 0. The van der Waals surface area contributed by atoms with Crippen LogP contribution in [0, 0.1) is 0 Å². The molecule has 0 fully saturated rings. The fourth-order valence-electron chi connectivity index (χ4n) is 0.706. The summed E-state index contributed by atoms with van der Waals surface area (Å²) in [6.45, 7) is 0. The van der Waals surface area contributed by atoms with Crippen molar-refractivity contribution in [2.24, 2.45) is 0 Å². The molecule has 0 aliphatic carbocycles. The third kappa shape index (κ3) is 5.86. The fraction of sp³-hybridized carbons (Fsp3) is 0. The van der Waals surface area contributed by atoms with Crippen molar-refractivity contribution in [2.45, 2.75) is 0 Å². The normalized spacial score (nSPS) is 7.33. The fourth-order valence-corrected chi connectivity index (χ4v) is 0.706. The summed E-state index contributed by atoms with van der Waals surface area (Å²) < 4.78 is 0. The summed E-state index contributed by atoms with van der Waals surface area (Å²) in [5.41, 5.74) is 0. The summed E-state index contributed by atoms with van der Waals surface area (Å²) in [4.78, 5) is 0. The maximum Gasteiger partial charge on any atom is 0 e. The van der Waals surface area contributed by atoms with Crippen LogP contribution in [0.3, 0.4) is 0 Å². The molecule has 2 aromatic carbocycles. The van der Waals surface area contributed by atoms with Gasteiger partial charge in [0.25, 0.3) is 0 Å². The van der Waals surface area contributed by atoms with Crippen molar-refractivity contribution in [3.8, 4) is 0 Å². The molecule has 0 aliphatic rings. The Morgan fingerprint density at radius 3 is 1.00 bits per heavy atom. The Bertz CT molecular complexity index is 191. The quantitative estimate of drug-likeness (QED) is 0.567. The summed E-state index contributed by atoms with van der Waals surface area (Å²) in [6.07, 6.45) is 0. The minimum Gasteiger partial charge on any atom is -0.214 e. The van der Waals surface area contributed by atoms with Crippen LogP contribution in [0.1, 0.15) is 0 Å². The van der Waals surface area contributed by atoms with Gasteiger partial charge >= 0.3 is 0 Å². The predicted molar refractivity (Wildman–Crippen MR) is 48.5 cm³/mol. The maximum absolute atomic E-state index is 2.00. The van der Waals surface area contributed by atoms with Gasteiger partial charge in [-0.15, -0.1) is 0 Å². The molecule has 0 spiro atoms. The number of benzene rings is 1. The van der Waals surface area contributed by atoms with Crippen molar-refractivity contribution >= 4 is 0 Å². The van der Waals surface area contributed by atoms with E-state index in [2.05, 4.69) is 0 Å². The van der Waals surface area contributed by atoms with Crippen molar-refractivity contribution in [2.75, 3.05) is 0 Å². The van der Waals surface area contributed by atoms with Crippen LogP contribution in [-0.2, 0) is 17.4 Å². The van der Waals surface area contributed by atoms with E-state index in [9.17, 15) is 0 Å². The summed E-state index contributed by atoms with van der Waals surface area (Å²) in [5.74, 6) is 0. The van der Waals surface area contributed by atoms with Gasteiger partial charge in [0.2, 0.25) is 0 Å². The zero-order chi connectivity index (χ0) is 7.78. The molecule has 0 aliphatic heterocycles. The van der Waals surface area contributed by atoms with E-state index >= 15 is 0 Å². The molecule has 0 radical (unpaired) electrons. The first-order chi connectivity index (χ1) is 5.50. The van der Waals surface area contributed by atoms with Gasteiger partial charge in [0, 0.05) is 17.4 Å². The molecular weight excluding hydrogens is 184 g/mol. The first-order valence-corrected chi connectivity index (χ1v) is 3.67. The average Bonchev–Trinajstić information content (AvgIpc) is 2.64. The van der Waals surface area contributed by atoms with Gasteiger partial charge in [-0.1, -0.05) is 36.4 Å². The first kappa shape index (κ1) is 11.1. The monoisotopic (exact) mass is 195 g/mol. The van der Waals surface area contributed by atoms with E-state index < -0.39 is 0 Å². The molecule has 0 saturated carbocycles. The molecule has 0 nitrogen and oxygen atoms in total. The number of hydrogen-bond acceptors (Lipinski definition) is 0. The van der Waals surface area contributed by atoms with Crippen LogP contribution in [-0.4, -0.2) is 0 Å². The van der Waals surface area contributed by atoms with Crippen LogP contribution >= 0.6 is 0 Å². The van der Waals surface area contributed by atoms with Gasteiger partial charge in [-0.2, -0.15) is 18.2 Å². The van der Waals surface area contributed by atoms with Crippen LogP contribution in [0.15, 0.2) is 66.7 Å². The maximum atomic E-state index is 2.00. The molecule has 0 saturated heterocycles. The van der Waals surface area contributed by atoms with Crippen LogP contribution in [0.2, 0.25) is 0 Å². The summed E-state index contributed by atoms with van der Waals surface area (Å²) in [6, 6.07) is 22.0. The van der Waals surface area contributed by atoms with Gasteiger partial charge in [0.1, 0.15) is 0 Å². The SMILES string of the molecule is [Cr].c1cc[cH-]c1.c1ccccc1. The standard InChI is InChI=1S/C6H6.C5H5.Cr/c1-2-4-6-5-3-1;1-2-4-5-3-1;/h1-6H;1-5H;/q;-1;. The van der Waals surface area contributed by atoms with E-state index in [-0.39, 0.29) is 17.4 Å². The molecule has 62 valence electrons. The van der Waals surface area contributed by atoms with Gasteiger partial charge in [-0.25, -0.2) is 12.1 Å². The van der Waals surface area contributed by atoms with E-state index in [0.29, 0.717) is 0 Å². The molecule has 1 heteroatoms. The van der Waals surface area contributed by atoms with Gasteiger partial charge in [-0.05, 0) is 0 Å². The Morgan fingerprint density at radius 2 is 0.833 bits per heavy atom. The second kappa shape index (κ2) is 8.20. The zero-order valence-corrected chi connectivity index (χ0v) is 8.03. The molecule has 0 amide bonds. The minimum atomic E-state index is 0. The van der Waals surface area contributed by atoms with Crippen LogP contribution < -0.4 is 0 Å². The predicted octanol–water partition coefficient (Wildman–Crippen LogP) is 3.09. The van der Waals surface area contributed by atoms with Crippen molar-refractivity contribution in [3.05, 3.63) is 66.7 Å². The molecule has 2 rings (SSSR count). The van der Waals surface area contributed by atoms with Crippen molar-refractivity contribution in [1.82, 2.24) is 0 Å². The third-order valence-electron chi connectivity index (χ3n) is 1.22. The van der Waals surface area contributed by atoms with E-state index in [1.807, 2.05) is 66.7 Å². The Labute approximate surface area is 84.4 Å². The van der Waals surface area contributed by atoms with Crippen LogP contribution in [0.4, 0.5) is 0 Å². The van der Waals surface area contributed by atoms with Crippen molar-refractivity contribution in [1.29, 1.82) is 0 Å². The molecule has 12 heavy (non-hydrogen) atoms. The molecule has 2 aromatic rings. The van der Waals surface area contributed by atoms with E-state index in [1.165, 1.54) is 0 Å². The smallest absolute Gasteiger partial charge is 0 e. The molecule has 0 heterocycles. The van der Waals surface area contributed by atoms with Crippen LogP contribution in [0.5, 0.6) is 0 Å². The molecule has 0 unspecified atom stereocenters. The van der Waals surface area contributed by atoms with E-state index in [1.54, 1.807) is 0 Å². The largest absolute Gasteiger partial charge is 0.214 e. The van der Waals surface area contributed by atoms with E-state index in [4.69, 9.17) is 0 Å².